The number of pyridine rings is 1. The monoisotopic (exact) mass is 398 g/mol. The summed E-state index contributed by atoms with van der Waals surface area (Å²) >= 11 is 5.82. The van der Waals surface area contributed by atoms with E-state index in [0.29, 0.717) is 16.5 Å². The molecule has 2 N–H and O–H groups in total. The number of benzene rings is 1. The van der Waals surface area contributed by atoms with Gasteiger partial charge in [0.1, 0.15) is 12.1 Å². The molecule has 0 aliphatic carbocycles. The van der Waals surface area contributed by atoms with Crippen LogP contribution < -0.4 is 10.6 Å². The standard InChI is InChI=1S/C19H19ClN6O2/c1-2-3-4-13-5-8-15(9-6-13)24-18-17(26(27)28)19(23-12-22-18)25-16-10-7-14(20)11-21-16/h5-12H,2-4H2,1H3,(H2,21,22,23,24,25). The second kappa shape index (κ2) is 9.09. The molecule has 0 spiro atoms. The molecule has 0 radical (unpaired) electrons. The SMILES string of the molecule is CCCCc1ccc(Nc2ncnc(Nc3ccc(Cl)cn3)c2[N+](=O)[O-])cc1. The highest BCUT2D eigenvalue weighted by Crippen LogP contribution is 2.32. The molecular weight excluding hydrogens is 380 g/mol. The van der Waals surface area contributed by atoms with Gasteiger partial charge in [-0.25, -0.2) is 15.0 Å². The fourth-order valence-corrected chi connectivity index (χ4v) is 2.69. The third-order valence-corrected chi connectivity index (χ3v) is 4.24. The molecule has 9 heteroatoms. The van der Waals surface area contributed by atoms with Crippen LogP contribution in [0.5, 0.6) is 0 Å². The highest BCUT2D eigenvalue weighted by molar-refractivity contribution is 6.30. The lowest BCUT2D eigenvalue weighted by Gasteiger charge is -2.10. The minimum absolute atomic E-state index is 0.0388. The van der Waals surface area contributed by atoms with Crippen LogP contribution in [0, 0.1) is 10.1 Å². The second-order valence-electron chi connectivity index (χ2n) is 6.09. The van der Waals surface area contributed by atoms with Crippen LogP contribution in [0.15, 0.2) is 48.9 Å². The minimum Gasteiger partial charge on any atom is -0.334 e. The zero-order valence-electron chi connectivity index (χ0n) is 15.2. The highest BCUT2D eigenvalue weighted by Gasteiger charge is 2.23. The lowest BCUT2D eigenvalue weighted by atomic mass is 10.1. The van der Waals surface area contributed by atoms with Crippen LogP contribution in [-0.4, -0.2) is 19.9 Å². The summed E-state index contributed by atoms with van der Waals surface area (Å²) in [6, 6.07) is 11.0. The van der Waals surface area contributed by atoms with Gasteiger partial charge in [-0.2, -0.15) is 0 Å². The number of nitrogens with zero attached hydrogens (tertiary/aromatic N) is 4. The van der Waals surface area contributed by atoms with Gasteiger partial charge in [0.15, 0.2) is 0 Å². The Morgan fingerprint density at radius 2 is 1.75 bits per heavy atom. The van der Waals surface area contributed by atoms with Crippen molar-refractivity contribution in [1.82, 2.24) is 15.0 Å². The zero-order valence-corrected chi connectivity index (χ0v) is 16.0. The summed E-state index contributed by atoms with van der Waals surface area (Å²) in [6.45, 7) is 2.15. The summed E-state index contributed by atoms with van der Waals surface area (Å²) in [6.07, 6.45) is 5.95. The molecular formula is C19H19ClN6O2. The van der Waals surface area contributed by atoms with Crippen molar-refractivity contribution in [3.8, 4) is 0 Å². The normalized spacial score (nSPS) is 10.5. The van der Waals surface area contributed by atoms with Crippen LogP contribution in [0.1, 0.15) is 25.3 Å². The van der Waals surface area contributed by atoms with Crippen LogP contribution in [0.25, 0.3) is 0 Å². The van der Waals surface area contributed by atoms with Crippen molar-refractivity contribution in [3.63, 3.8) is 0 Å². The maximum absolute atomic E-state index is 11.7. The molecule has 8 nitrogen and oxygen atoms in total. The molecule has 2 heterocycles. The van der Waals surface area contributed by atoms with Gasteiger partial charge in [-0.05, 0) is 42.7 Å². The van der Waals surface area contributed by atoms with E-state index in [1.807, 2.05) is 24.3 Å². The van der Waals surface area contributed by atoms with Gasteiger partial charge in [-0.3, -0.25) is 10.1 Å². The zero-order chi connectivity index (χ0) is 19.9. The molecule has 0 aliphatic rings. The first-order valence-electron chi connectivity index (χ1n) is 8.80. The molecule has 0 bridgehead atoms. The van der Waals surface area contributed by atoms with Crippen LogP contribution in [0.2, 0.25) is 5.02 Å². The van der Waals surface area contributed by atoms with Crippen molar-refractivity contribution in [1.29, 1.82) is 0 Å². The van der Waals surface area contributed by atoms with E-state index < -0.39 is 4.92 Å². The van der Waals surface area contributed by atoms with E-state index in [0.717, 1.165) is 19.3 Å². The molecule has 3 rings (SSSR count). The average molecular weight is 399 g/mol. The van der Waals surface area contributed by atoms with E-state index >= 15 is 0 Å². The van der Waals surface area contributed by atoms with Crippen LogP contribution >= 0.6 is 11.6 Å². The molecule has 0 fully saturated rings. The number of hydrogen-bond donors (Lipinski definition) is 2. The van der Waals surface area contributed by atoms with Gasteiger partial charge >= 0.3 is 5.69 Å². The Morgan fingerprint density at radius 1 is 1.04 bits per heavy atom. The number of anilines is 4. The maximum atomic E-state index is 11.7. The van der Waals surface area contributed by atoms with Gasteiger partial charge in [0.05, 0.1) is 9.95 Å². The van der Waals surface area contributed by atoms with Gasteiger partial charge in [-0.1, -0.05) is 37.1 Å². The van der Waals surface area contributed by atoms with Crippen molar-refractivity contribution in [2.24, 2.45) is 0 Å². The first kappa shape index (κ1) is 19.5. The van der Waals surface area contributed by atoms with E-state index in [-0.39, 0.29) is 17.3 Å². The van der Waals surface area contributed by atoms with Crippen LogP contribution in [0.3, 0.4) is 0 Å². The Bertz CT molecular complexity index is 948. The summed E-state index contributed by atoms with van der Waals surface area (Å²) < 4.78 is 0. The Labute approximate surface area is 167 Å². The number of rotatable bonds is 8. The van der Waals surface area contributed by atoms with E-state index in [4.69, 9.17) is 11.6 Å². The quantitative estimate of drug-likeness (QED) is 0.393. The summed E-state index contributed by atoms with van der Waals surface area (Å²) in [5.74, 6) is 0.520. The molecule has 0 saturated carbocycles. The van der Waals surface area contributed by atoms with Gasteiger partial charge in [-0.15, -0.1) is 0 Å². The Morgan fingerprint density at radius 3 is 2.36 bits per heavy atom. The summed E-state index contributed by atoms with van der Waals surface area (Å²) in [7, 11) is 0. The van der Waals surface area contributed by atoms with E-state index in [1.54, 1.807) is 12.1 Å². The fourth-order valence-electron chi connectivity index (χ4n) is 2.58. The Hall–Kier alpha value is -3.26. The molecule has 0 amide bonds. The lowest BCUT2D eigenvalue weighted by molar-refractivity contribution is -0.383. The predicted molar refractivity (Wildman–Crippen MR) is 110 cm³/mol. The van der Waals surface area contributed by atoms with Gasteiger partial charge in [0.25, 0.3) is 0 Å². The van der Waals surface area contributed by atoms with Crippen molar-refractivity contribution < 1.29 is 4.92 Å². The van der Waals surface area contributed by atoms with Gasteiger partial charge < -0.3 is 10.6 Å². The fraction of sp³-hybridized carbons (Fsp3) is 0.211. The second-order valence-corrected chi connectivity index (χ2v) is 6.53. The third-order valence-electron chi connectivity index (χ3n) is 4.01. The number of aromatic nitrogens is 3. The Kier molecular flexibility index (Phi) is 6.33. The van der Waals surface area contributed by atoms with E-state index in [2.05, 4.69) is 32.5 Å². The first-order chi connectivity index (χ1) is 13.6. The lowest BCUT2D eigenvalue weighted by Crippen LogP contribution is -2.06. The topological polar surface area (TPSA) is 106 Å². The van der Waals surface area contributed by atoms with Crippen molar-refractivity contribution in [3.05, 3.63) is 69.6 Å². The van der Waals surface area contributed by atoms with Gasteiger partial charge in [0, 0.05) is 11.9 Å². The summed E-state index contributed by atoms with van der Waals surface area (Å²) in [5.41, 5.74) is 1.66. The minimum atomic E-state index is -0.532. The number of nitrogens with one attached hydrogen (secondary N) is 2. The number of halogens is 1. The average Bonchev–Trinajstić information content (AvgIpc) is 2.69. The van der Waals surface area contributed by atoms with Crippen molar-refractivity contribution in [2.75, 3.05) is 10.6 Å². The van der Waals surface area contributed by atoms with E-state index in [1.165, 1.54) is 18.1 Å². The molecule has 2 aromatic heterocycles. The molecule has 3 aromatic rings. The number of hydrogen-bond acceptors (Lipinski definition) is 7. The first-order valence-corrected chi connectivity index (χ1v) is 9.18. The summed E-state index contributed by atoms with van der Waals surface area (Å²) in [5, 5.41) is 18.0. The molecule has 28 heavy (non-hydrogen) atoms. The number of aryl methyl sites for hydroxylation is 1. The number of nitro groups is 1. The van der Waals surface area contributed by atoms with Gasteiger partial charge in [0.2, 0.25) is 11.6 Å². The highest BCUT2D eigenvalue weighted by atomic mass is 35.5. The van der Waals surface area contributed by atoms with Crippen molar-refractivity contribution in [2.45, 2.75) is 26.2 Å². The van der Waals surface area contributed by atoms with Crippen LogP contribution in [-0.2, 0) is 6.42 Å². The van der Waals surface area contributed by atoms with Crippen molar-refractivity contribution >= 4 is 40.4 Å². The Balaban J connectivity index is 1.84. The third kappa shape index (κ3) is 4.92. The molecule has 144 valence electrons. The number of unbranched alkanes of at least 4 members (excludes halogenated alkanes) is 1. The molecule has 1 aromatic carbocycles. The predicted octanol–water partition coefficient (Wildman–Crippen LogP) is 5.26. The molecule has 0 aliphatic heterocycles. The molecule has 0 unspecified atom stereocenters. The summed E-state index contributed by atoms with van der Waals surface area (Å²) in [4.78, 5) is 23.2. The molecule has 0 atom stereocenters. The van der Waals surface area contributed by atoms with Crippen LogP contribution in [0.4, 0.5) is 28.8 Å². The maximum Gasteiger partial charge on any atom is 0.353 e. The largest absolute Gasteiger partial charge is 0.353 e. The molecule has 0 saturated heterocycles. The van der Waals surface area contributed by atoms with E-state index in [9.17, 15) is 10.1 Å². The smallest absolute Gasteiger partial charge is 0.334 e.